The molecule has 0 unspecified atom stereocenters. The number of para-hydroxylation sites is 1. The fourth-order valence-corrected chi connectivity index (χ4v) is 7.68. The van der Waals surface area contributed by atoms with Crippen LogP contribution in [0.4, 0.5) is 0 Å². The van der Waals surface area contributed by atoms with E-state index in [0.29, 0.717) is 42.9 Å². The molecule has 3 amide bonds. The molecule has 1 aromatic carbocycles. The number of thiazole rings is 1. The van der Waals surface area contributed by atoms with E-state index < -0.39 is 23.3 Å². The van der Waals surface area contributed by atoms with Gasteiger partial charge in [-0.2, -0.15) is 0 Å². The van der Waals surface area contributed by atoms with Gasteiger partial charge in [0.15, 0.2) is 23.3 Å². The summed E-state index contributed by atoms with van der Waals surface area (Å²) < 4.78 is 3.65. The van der Waals surface area contributed by atoms with Crippen LogP contribution in [0.15, 0.2) is 76.6 Å². The Kier molecular flexibility index (Phi) is 13.1. The molecule has 16 heteroatoms. The van der Waals surface area contributed by atoms with Crippen LogP contribution < -0.4 is 33.3 Å². The Hall–Kier alpha value is -3.14. The molecule has 1 fully saturated rings. The van der Waals surface area contributed by atoms with Gasteiger partial charge in [-0.15, -0.1) is 35.5 Å². The highest BCUT2D eigenvalue weighted by atomic mass is 35.5. The van der Waals surface area contributed by atoms with Crippen molar-refractivity contribution in [3.8, 4) is 0 Å². The van der Waals surface area contributed by atoms with Gasteiger partial charge in [-0.25, -0.2) is 14.3 Å². The molecular formula is C28H30Cl2N6O5S3. The monoisotopic (exact) mass is 696 g/mol. The maximum absolute atomic E-state index is 13.0. The Morgan fingerprint density at radius 2 is 1.95 bits per heavy atom. The standard InChI is InChI=1S/C28H28N6O5S3.2ClH/c29-10-4-11-30-24(36)17-8-13-33(14-9-17)12-3-5-18-15-40-26-22(25(37)34(26)23(18)27(38)39)32-21(35)16-41-28-31-19-6-1-2-7-20(19)42-28;;/h1-3,5-9,13-14,22,26H,4,10-12,15-16,29H2,(H2-,30,32,35,36,38,39);2*1H/t22-,26-;;/m1../s1. The maximum Gasteiger partial charge on any atom is 0.352 e. The van der Waals surface area contributed by atoms with Gasteiger partial charge in [0.1, 0.15) is 17.1 Å². The second kappa shape index (κ2) is 16.3. The molecule has 2 aliphatic heterocycles. The lowest BCUT2D eigenvalue weighted by atomic mass is 10.0. The first-order valence-corrected chi connectivity index (χ1v) is 16.0. The molecule has 5 N–H and O–H groups in total. The number of halogens is 2. The van der Waals surface area contributed by atoms with E-state index in [-0.39, 0.29) is 48.1 Å². The van der Waals surface area contributed by atoms with Crippen LogP contribution in [0.2, 0.25) is 0 Å². The van der Waals surface area contributed by atoms with Crippen molar-refractivity contribution in [2.45, 2.75) is 28.7 Å². The fourth-order valence-electron chi connectivity index (χ4n) is 4.48. The van der Waals surface area contributed by atoms with E-state index in [1.165, 1.54) is 39.8 Å². The Bertz CT molecular complexity index is 1550. The quantitative estimate of drug-likeness (QED) is 0.0822. The highest BCUT2D eigenvalue weighted by molar-refractivity contribution is 8.01. The number of thioether (sulfide) groups is 2. The van der Waals surface area contributed by atoms with Gasteiger partial charge in [0, 0.05) is 24.4 Å². The lowest BCUT2D eigenvalue weighted by Crippen LogP contribution is -3.00. The zero-order valence-electron chi connectivity index (χ0n) is 23.2. The number of benzene rings is 1. The lowest BCUT2D eigenvalue weighted by molar-refractivity contribution is -0.687. The average Bonchev–Trinajstić information content (AvgIpc) is 3.42. The van der Waals surface area contributed by atoms with Gasteiger partial charge in [-0.1, -0.05) is 30.0 Å². The highest BCUT2D eigenvalue weighted by Gasteiger charge is 2.53. The molecule has 2 aromatic heterocycles. The number of amides is 3. The van der Waals surface area contributed by atoms with Crippen molar-refractivity contribution < 1.29 is 41.3 Å². The number of aliphatic carboxylic acids is 1. The number of carbonyl (C=O) groups excluding carboxylic acids is 3. The largest absolute Gasteiger partial charge is 1.00 e. The molecule has 5 rings (SSSR count). The molecule has 2 atom stereocenters. The van der Waals surface area contributed by atoms with Crippen molar-refractivity contribution in [1.82, 2.24) is 20.5 Å². The van der Waals surface area contributed by atoms with Crippen LogP contribution in [0.25, 0.3) is 10.2 Å². The highest BCUT2D eigenvalue weighted by Crippen LogP contribution is 2.40. The minimum absolute atomic E-state index is 0. The Morgan fingerprint density at radius 1 is 1.20 bits per heavy atom. The SMILES string of the molecule is Cl.NCCCNC(=O)c1cc[n+](CC=CC2=C(C(=O)O)N3C(=O)[C@@H](NC(=O)CSc4nc5ccccc5s4)[C@H]3SC2)cc1.[Cl-]. The zero-order valence-corrected chi connectivity index (χ0v) is 27.2. The van der Waals surface area contributed by atoms with Crippen LogP contribution in [0, 0.1) is 0 Å². The number of carboxylic acids is 1. The summed E-state index contributed by atoms with van der Waals surface area (Å²) in [5, 5.41) is 15.0. The number of pyridine rings is 1. The number of carboxylic acid groups (broad SMARTS) is 1. The Balaban J connectivity index is 0.00000264. The number of nitrogens with two attached hydrogens (primary N) is 1. The van der Waals surface area contributed by atoms with Crippen LogP contribution in [0.3, 0.4) is 0 Å². The molecule has 0 aliphatic carbocycles. The summed E-state index contributed by atoms with van der Waals surface area (Å²) in [7, 11) is 0. The molecule has 3 aromatic rings. The second-order valence-electron chi connectivity index (χ2n) is 9.45. The van der Waals surface area contributed by atoms with Crippen LogP contribution in [-0.4, -0.2) is 74.7 Å². The summed E-state index contributed by atoms with van der Waals surface area (Å²) in [5.74, 6) is -1.62. The van der Waals surface area contributed by atoms with Crippen LogP contribution in [-0.2, 0) is 20.9 Å². The van der Waals surface area contributed by atoms with Crippen molar-refractivity contribution in [2.75, 3.05) is 24.6 Å². The van der Waals surface area contributed by atoms with E-state index in [0.717, 1.165) is 14.6 Å². The van der Waals surface area contributed by atoms with Gasteiger partial charge in [-0.3, -0.25) is 19.3 Å². The number of allylic oxidation sites excluding steroid dienone is 2. The van der Waals surface area contributed by atoms with Crippen LogP contribution in [0.1, 0.15) is 16.8 Å². The third-order valence-corrected chi connectivity index (χ3v) is 10.1. The van der Waals surface area contributed by atoms with Crippen molar-refractivity contribution in [3.05, 3.63) is 77.8 Å². The molecular weight excluding hydrogens is 667 g/mol. The van der Waals surface area contributed by atoms with Gasteiger partial charge in [0.05, 0.1) is 21.5 Å². The summed E-state index contributed by atoms with van der Waals surface area (Å²) in [6.07, 6.45) is 7.76. The van der Waals surface area contributed by atoms with Crippen molar-refractivity contribution in [3.63, 3.8) is 0 Å². The number of fused-ring (bicyclic) bond motifs is 2. The van der Waals surface area contributed by atoms with Gasteiger partial charge >= 0.3 is 5.97 Å². The smallest absolute Gasteiger partial charge is 0.352 e. The third-order valence-electron chi connectivity index (χ3n) is 6.57. The molecule has 44 heavy (non-hydrogen) atoms. The number of nitrogens with zero attached hydrogens (tertiary/aromatic N) is 3. The van der Waals surface area contributed by atoms with Gasteiger partial charge in [-0.05, 0) is 36.7 Å². The molecule has 0 spiro atoms. The first-order chi connectivity index (χ1) is 20.4. The number of hydrogen-bond acceptors (Lipinski definition) is 9. The molecule has 0 radical (unpaired) electrons. The van der Waals surface area contributed by atoms with Gasteiger partial charge in [0.25, 0.3) is 11.8 Å². The Labute approximate surface area is 278 Å². The number of β-lactam (4-membered cyclic amide) rings is 1. The predicted molar refractivity (Wildman–Crippen MR) is 169 cm³/mol. The summed E-state index contributed by atoms with van der Waals surface area (Å²) in [5.41, 5.74) is 7.31. The predicted octanol–water partition coefficient (Wildman–Crippen LogP) is -0.825. The fraction of sp³-hybridized carbons (Fsp3) is 0.286. The lowest BCUT2D eigenvalue weighted by Gasteiger charge is -2.49. The van der Waals surface area contributed by atoms with E-state index in [1.807, 2.05) is 34.9 Å². The van der Waals surface area contributed by atoms with E-state index >= 15 is 0 Å². The number of rotatable bonds is 12. The minimum atomic E-state index is -1.19. The molecule has 11 nitrogen and oxygen atoms in total. The van der Waals surface area contributed by atoms with Crippen LogP contribution >= 0.6 is 47.3 Å². The van der Waals surface area contributed by atoms with Gasteiger partial charge < -0.3 is 33.9 Å². The minimum Gasteiger partial charge on any atom is -1.00 e. The van der Waals surface area contributed by atoms with Gasteiger partial charge in [0.2, 0.25) is 5.91 Å². The molecule has 4 heterocycles. The average molecular weight is 698 g/mol. The first kappa shape index (κ1) is 35.3. The van der Waals surface area contributed by atoms with E-state index in [9.17, 15) is 24.3 Å². The topological polar surface area (TPSA) is 159 Å². The maximum atomic E-state index is 13.0. The summed E-state index contributed by atoms with van der Waals surface area (Å²) in [6, 6.07) is 10.4. The Morgan fingerprint density at radius 3 is 2.66 bits per heavy atom. The molecule has 0 bridgehead atoms. The zero-order chi connectivity index (χ0) is 29.6. The normalized spacial score (nSPS) is 17.4. The summed E-state index contributed by atoms with van der Waals surface area (Å²) in [6.45, 7) is 1.47. The van der Waals surface area contributed by atoms with Crippen LogP contribution in [0.5, 0.6) is 0 Å². The second-order valence-corrected chi connectivity index (χ2v) is 12.8. The van der Waals surface area contributed by atoms with E-state index in [2.05, 4.69) is 15.6 Å². The molecule has 0 saturated carbocycles. The number of hydrogen-bond donors (Lipinski definition) is 4. The molecule has 1 saturated heterocycles. The third kappa shape index (κ3) is 8.11. The number of aromatic nitrogens is 2. The number of nitrogens with one attached hydrogen (secondary N) is 2. The van der Waals surface area contributed by atoms with Crippen molar-refractivity contribution in [1.29, 1.82) is 0 Å². The first-order valence-electron chi connectivity index (χ1n) is 13.2. The number of carbonyl (C=O) groups is 4. The van der Waals surface area contributed by atoms with E-state index in [1.54, 1.807) is 30.6 Å². The molecule has 234 valence electrons. The summed E-state index contributed by atoms with van der Waals surface area (Å²) >= 11 is 4.22. The van der Waals surface area contributed by atoms with Crippen molar-refractivity contribution >= 4 is 81.2 Å². The van der Waals surface area contributed by atoms with Crippen molar-refractivity contribution in [2.24, 2.45) is 5.73 Å². The molecule has 2 aliphatic rings. The summed E-state index contributed by atoms with van der Waals surface area (Å²) in [4.78, 5) is 55.6. The van der Waals surface area contributed by atoms with E-state index in [4.69, 9.17) is 5.73 Å².